The molecule has 0 radical (unpaired) electrons. The van der Waals surface area contributed by atoms with Crippen LogP contribution in [0.2, 0.25) is 5.02 Å². The summed E-state index contributed by atoms with van der Waals surface area (Å²) >= 11 is 6.09. The number of hydrogen-bond acceptors (Lipinski definition) is 10. The molecule has 0 aliphatic carbocycles. The fourth-order valence-electron chi connectivity index (χ4n) is 5.20. The van der Waals surface area contributed by atoms with Crippen LogP contribution in [0.4, 0.5) is 5.82 Å². The summed E-state index contributed by atoms with van der Waals surface area (Å²) in [6.45, 7) is 4.26. The van der Waals surface area contributed by atoms with Crippen LogP contribution in [0.25, 0.3) is 5.57 Å². The number of aliphatic hydroxyl groups excluding tert-OH is 1. The van der Waals surface area contributed by atoms with Gasteiger partial charge in [0.25, 0.3) is 5.91 Å². The number of nitrogens with zero attached hydrogens (tertiary/aromatic N) is 4. The highest BCUT2D eigenvalue weighted by Gasteiger charge is 2.37. The zero-order chi connectivity index (χ0) is 26.2. The van der Waals surface area contributed by atoms with Crippen LogP contribution in [-0.2, 0) is 4.74 Å². The smallest absolute Gasteiger partial charge is 0.271 e. The number of aliphatic hydroxyl groups is 1. The second-order valence-electron chi connectivity index (χ2n) is 9.45. The van der Waals surface area contributed by atoms with Crippen LogP contribution in [0.3, 0.4) is 0 Å². The molecule has 2 aromatic heterocycles. The number of fused-ring (bicyclic) bond motifs is 2. The van der Waals surface area contributed by atoms with Gasteiger partial charge in [-0.05, 0) is 43.7 Å². The molecule has 2 fully saturated rings. The largest absolute Gasteiger partial charge is 0.492 e. The van der Waals surface area contributed by atoms with Gasteiger partial charge in [0.2, 0.25) is 0 Å². The van der Waals surface area contributed by atoms with E-state index < -0.39 is 18.1 Å². The number of rotatable bonds is 6. The molecule has 5 N–H and O–H groups in total. The Labute approximate surface area is 225 Å². The molecule has 4 aliphatic heterocycles. The maximum atomic E-state index is 12.6. The second-order valence-corrected chi connectivity index (χ2v) is 9.85. The molecule has 198 valence electrons. The molecule has 1 amide bonds. The van der Waals surface area contributed by atoms with E-state index in [4.69, 9.17) is 21.3 Å². The van der Waals surface area contributed by atoms with E-state index in [1.54, 1.807) is 12.1 Å². The highest BCUT2D eigenvalue weighted by molar-refractivity contribution is 6.33. The summed E-state index contributed by atoms with van der Waals surface area (Å²) in [5.41, 5.74) is 14.3. The lowest BCUT2D eigenvalue weighted by Gasteiger charge is -2.37. The first kappa shape index (κ1) is 24.8. The van der Waals surface area contributed by atoms with Gasteiger partial charge in [-0.1, -0.05) is 11.6 Å². The number of aromatic nitrogens is 2. The van der Waals surface area contributed by atoms with Gasteiger partial charge in [0.15, 0.2) is 0 Å². The van der Waals surface area contributed by atoms with Gasteiger partial charge in [0.05, 0.1) is 35.7 Å². The van der Waals surface area contributed by atoms with Crippen molar-refractivity contribution in [2.75, 3.05) is 31.1 Å². The maximum absolute atomic E-state index is 12.6. The number of hydrogen-bond donors (Lipinski definition) is 5. The van der Waals surface area contributed by atoms with Gasteiger partial charge in [-0.15, -0.1) is 0 Å². The Morgan fingerprint density at radius 3 is 2.97 bits per heavy atom. The highest BCUT2D eigenvalue weighted by Crippen LogP contribution is 2.38. The van der Waals surface area contributed by atoms with Crippen molar-refractivity contribution in [2.24, 2.45) is 0 Å². The molecule has 0 aromatic carbocycles. The van der Waals surface area contributed by atoms with E-state index in [2.05, 4.69) is 26.6 Å². The third-order valence-electron chi connectivity index (χ3n) is 7.05. The molecule has 0 saturated carbocycles. The van der Waals surface area contributed by atoms with Crippen LogP contribution in [0.15, 0.2) is 66.0 Å². The summed E-state index contributed by atoms with van der Waals surface area (Å²) < 4.78 is 5.81. The molecule has 2 saturated heterocycles. The number of allylic oxidation sites excluding steroid dienone is 2. The summed E-state index contributed by atoms with van der Waals surface area (Å²) in [5, 5.41) is 16.0. The molecule has 11 nitrogen and oxygen atoms in total. The minimum atomic E-state index is -0.763. The van der Waals surface area contributed by atoms with E-state index >= 15 is 0 Å². The standard InChI is InChI=1S/C26H29ClN8O3/c1-2-38-16-10-17(24-18-12-30-32-25(18)33-35(24)13-16)15-5-6-22(29-11-15)34-9-7-20(21(36)14-34)31-26(37)23-19(27)4-3-8-28-23/h3-6,8,10-11,13,20-21,25,30,32-33,36H,2,7,9,12,14H2,1H3,(H,31,37)/t20-,21+,25?/m0/s1. The van der Waals surface area contributed by atoms with E-state index in [0.717, 1.165) is 35.0 Å². The summed E-state index contributed by atoms with van der Waals surface area (Å²) in [6.07, 6.45) is 7.21. The van der Waals surface area contributed by atoms with Crippen molar-refractivity contribution >= 4 is 28.9 Å². The zero-order valence-corrected chi connectivity index (χ0v) is 21.6. The number of ether oxygens (including phenoxy) is 1. The van der Waals surface area contributed by atoms with Crippen molar-refractivity contribution in [3.8, 4) is 0 Å². The average molecular weight is 537 g/mol. The van der Waals surface area contributed by atoms with Gasteiger partial charge in [0.1, 0.15) is 23.4 Å². The minimum absolute atomic E-state index is 0.0230. The lowest BCUT2D eigenvalue weighted by molar-refractivity contribution is 0.0793. The van der Waals surface area contributed by atoms with Gasteiger partial charge in [-0.25, -0.2) is 20.8 Å². The Kier molecular flexibility index (Phi) is 6.76. The molecule has 1 unspecified atom stereocenters. The minimum Gasteiger partial charge on any atom is -0.492 e. The fraction of sp³-hybridized carbons (Fsp3) is 0.346. The first-order valence-electron chi connectivity index (χ1n) is 12.7. The Morgan fingerprint density at radius 2 is 2.21 bits per heavy atom. The number of hydrazine groups is 2. The lowest BCUT2D eigenvalue weighted by atomic mass is 9.97. The van der Waals surface area contributed by atoms with Gasteiger partial charge in [-0.2, -0.15) is 0 Å². The van der Waals surface area contributed by atoms with E-state index in [1.165, 1.54) is 11.8 Å². The predicted molar refractivity (Wildman–Crippen MR) is 142 cm³/mol. The van der Waals surface area contributed by atoms with E-state index in [1.807, 2.05) is 47.4 Å². The summed E-state index contributed by atoms with van der Waals surface area (Å²) in [4.78, 5) is 23.4. The molecule has 38 heavy (non-hydrogen) atoms. The summed E-state index contributed by atoms with van der Waals surface area (Å²) in [7, 11) is 0. The molecule has 12 heteroatoms. The van der Waals surface area contributed by atoms with Gasteiger partial charge < -0.3 is 20.1 Å². The number of anilines is 1. The number of amides is 1. The van der Waals surface area contributed by atoms with Crippen LogP contribution in [0, 0.1) is 0 Å². The number of β-amino-alcohol motifs (C(OH)–C–C–N with tert-alkyl or cyclic N) is 1. The molecule has 6 heterocycles. The lowest BCUT2D eigenvalue weighted by Crippen LogP contribution is -2.54. The van der Waals surface area contributed by atoms with Crippen molar-refractivity contribution in [1.82, 2.24) is 36.6 Å². The first-order valence-corrected chi connectivity index (χ1v) is 13.0. The topological polar surface area (TPSA) is 127 Å². The monoisotopic (exact) mass is 536 g/mol. The fourth-order valence-corrected chi connectivity index (χ4v) is 5.41. The van der Waals surface area contributed by atoms with Crippen molar-refractivity contribution in [1.29, 1.82) is 0 Å². The van der Waals surface area contributed by atoms with E-state index in [0.29, 0.717) is 26.1 Å². The molecular weight excluding hydrogens is 508 g/mol. The summed E-state index contributed by atoms with van der Waals surface area (Å²) in [5.74, 6) is 1.15. The van der Waals surface area contributed by atoms with Crippen LogP contribution >= 0.6 is 11.6 Å². The number of halogens is 1. The van der Waals surface area contributed by atoms with Crippen molar-refractivity contribution in [2.45, 2.75) is 31.7 Å². The SMILES string of the molecule is CCOC1=CN2NC3NNCC3=C2C(c2ccc(N3CC[C@H](NC(=O)c4ncccc4Cl)[C@H](O)C3)nc2)=C1. The van der Waals surface area contributed by atoms with E-state index in [-0.39, 0.29) is 16.9 Å². The Balaban J connectivity index is 1.16. The second kappa shape index (κ2) is 10.4. The molecular formula is C26H29ClN8O3. The zero-order valence-electron chi connectivity index (χ0n) is 20.8. The van der Waals surface area contributed by atoms with E-state index in [9.17, 15) is 9.90 Å². The highest BCUT2D eigenvalue weighted by atomic mass is 35.5. The van der Waals surface area contributed by atoms with Crippen LogP contribution in [0.5, 0.6) is 0 Å². The normalized spacial score (nSPS) is 24.6. The van der Waals surface area contributed by atoms with Crippen LogP contribution in [0.1, 0.15) is 29.4 Å². The molecule has 3 atom stereocenters. The third-order valence-corrected chi connectivity index (χ3v) is 7.36. The third kappa shape index (κ3) is 4.63. The Bertz CT molecular complexity index is 1330. The molecule has 0 spiro atoms. The number of pyridine rings is 2. The average Bonchev–Trinajstić information content (AvgIpc) is 3.51. The number of carbonyl (C=O) groups excluding carboxylic acids is 1. The molecule has 2 aromatic rings. The van der Waals surface area contributed by atoms with Crippen LogP contribution < -0.4 is 26.5 Å². The number of nitrogens with one attached hydrogen (secondary N) is 4. The number of piperidine rings is 1. The predicted octanol–water partition coefficient (Wildman–Crippen LogP) is 1.28. The van der Waals surface area contributed by atoms with Crippen molar-refractivity contribution in [3.05, 3.63) is 82.2 Å². The van der Waals surface area contributed by atoms with Gasteiger partial charge in [0, 0.05) is 48.7 Å². The maximum Gasteiger partial charge on any atom is 0.271 e. The first-order chi connectivity index (χ1) is 18.5. The molecule has 0 bridgehead atoms. The van der Waals surface area contributed by atoms with Crippen molar-refractivity contribution in [3.63, 3.8) is 0 Å². The summed E-state index contributed by atoms with van der Waals surface area (Å²) in [6, 6.07) is 6.90. The molecule has 6 rings (SSSR count). The van der Waals surface area contributed by atoms with Gasteiger partial charge >= 0.3 is 0 Å². The Morgan fingerprint density at radius 1 is 1.32 bits per heavy atom. The molecule has 4 aliphatic rings. The quantitative estimate of drug-likeness (QED) is 0.368. The Hall–Kier alpha value is -3.48. The van der Waals surface area contributed by atoms with Crippen LogP contribution in [-0.4, -0.2) is 70.5 Å². The van der Waals surface area contributed by atoms with Crippen molar-refractivity contribution < 1.29 is 14.6 Å². The number of carbonyl (C=O) groups is 1. The van der Waals surface area contributed by atoms with Gasteiger partial charge in [-0.3, -0.25) is 15.2 Å².